The molecule has 6 nitrogen and oxygen atoms in total. The molecule has 0 amide bonds. The summed E-state index contributed by atoms with van der Waals surface area (Å²) in [7, 11) is -1.71. The number of nitrogens with one attached hydrogen (secondary N) is 1. The third-order valence-corrected chi connectivity index (χ3v) is 5.61. The fourth-order valence-corrected chi connectivity index (χ4v) is 3.75. The predicted octanol–water partition coefficient (Wildman–Crippen LogP) is 0.664. The van der Waals surface area contributed by atoms with Crippen LogP contribution in [0.3, 0.4) is 0 Å². The van der Waals surface area contributed by atoms with E-state index in [2.05, 4.69) is 5.32 Å². The van der Waals surface area contributed by atoms with E-state index < -0.39 is 10.2 Å². The van der Waals surface area contributed by atoms with Gasteiger partial charge < -0.3 is 10.1 Å². The first-order valence-corrected chi connectivity index (χ1v) is 8.95. The van der Waals surface area contributed by atoms with Crippen LogP contribution in [0, 0.1) is 0 Å². The van der Waals surface area contributed by atoms with Crippen molar-refractivity contribution in [2.24, 2.45) is 0 Å². The number of hydrogen-bond acceptors (Lipinski definition) is 4. The van der Waals surface area contributed by atoms with E-state index in [1.165, 1.54) is 8.61 Å². The van der Waals surface area contributed by atoms with Crippen LogP contribution in [0.1, 0.15) is 33.1 Å². The van der Waals surface area contributed by atoms with Gasteiger partial charge in [0.1, 0.15) is 0 Å². The van der Waals surface area contributed by atoms with Gasteiger partial charge in [-0.15, -0.1) is 0 Å². The standard InChI is InChI=1S/C13H29N3O3S/c1-4-14-9-7-10-15(3)20(17,18)16(5-2)12-13-8-6-11-19-13/h13-14H,4-12H2,1-3H3. The van der Waals surface area contributed by atoms with Gasteiger partial charge in [0.25, 0.3) is 10.2 Å². The molecule has 7 heteroatoms. The third-order valence-electron chi connectivity index (χ3n) is 3.58. The van der Waals surface area contributed by atoms with E-state index in [0.717, 1.165) is 39.0 Å². The van der Waals surface area contributed by atoms with E-state index in [1.807, 2.05) is 13.8 Å². The van der Waals surface area contributed by atoms with Gasteiger partial charge in [-0.2, -0.15) is 17.0 Å². The first-order chi connectivity index (χ1) is 9.52. The molecular weight excluding hydrogens is 278 g/mol. The molecule has 1 rings (SSSR count). The summed E-state index contributed by atoms with van der Waals surface area (Å²) in [4.78, 5) is 0. The number of ether oxygens (including phenoxy) is 1. The smallest absolute Gasteiger partial charge is 0.281 e. The van der Waals surface area contributed by atoms with Crippen molar-refractivity contribution >= 4 is 10.2 Å². The van der Waals surface area contributed by atoms with E-state index in [0.29, 0.717) is 19.6 Å². The Morgan fingerprint density at radius 3 is 2.65 bits per heavy atom. The SMILES string of the molecule is CCNCCCN(C)S(=O)(=O)N(CC)CC1CCCO1. The molecule has 0 aromatic heterocycles. The highest BCUT2D eigenvalue weighted by atomic mass is 32.2. The molecule has 0 radical (unpaired) electrons. The van der Waals surface area contributed by atoms with Gasteiger partial charge in [-0.3, -0.25) is 0 Å². The number of hydrogen-bond donors (Lipinski definition) is 1. The lowest BCUT2D eigenvalue weighted by molar-refractivity contribution is 0.0933. The van der Waals surface area contributed by atoms with E-state index in [9.17, 15) is 8.42 Å². The topological polar surface area (TPSA) is 61.9 Å². The monoisotopic (exact) mass is 307 g/mol. The molecule has 1 unspecified atom stereocenters. The molecular formula is C13H29N3O3S. The van der Waals surface area contributed by atoms with Crippen LogP contribution >= 0.6 is 0 Å². The van der Waals surface area contributed by atoms with Crippen LogP contribution in [0.15, 0.2) is 0 Å². The Labute approximate surface area is 123 Å². The zero-order valence-corrected chi connectivity index (χ0v) is 13.8. The number of likely N-dealkylation sites (N-methyl/N-ethyl adjacent to an activating group) is 1. The van der Waals surface area contributed by atoms with Crippen molar-refractivity contribution in [3.05, 3.63) is 0 Å². The molecule has 1 fully saturated rings. The van der Waals surface area contributed by atoms with Crippen molar-refractivity contribution in [1.82, 2.24) is 13.9 Å². The normalized spacial score (nSPS) is 20.1. The maximum Gasteiger partial charge on any atom is 0.281 e. The summed E-state index contributed by atoms with van der Waals surface area (Å²) in [5.41, 5.74) is 0. The van der Waals surface area contributed by atoms with E-state index in [4.69, 9.17) is 4.74 Å². The van der Waals surface area contributed by atoms with E-state index >= 15 is 0 Å². The third kappa shape index (κ3) is 5.29. The number of rotatable bonds is 10. The van der Waals surface area contributed by atoms with Crippen LogP contribution in [-0.4, -0.2) is 69.5 Å². The summed E-state index contributed by atoms with van der Waals surface area (Å²) < 4.78 is 33.5. The summed E-state index contributed by atoms with van der Waals surface area (Å²) in [5.74, 6) is 0. The average Bonchev–Trinajstić information content (AvgIpc) is 2.93. The van der Waals surface area contributed by atoms with Crippen LogP contribution in [-0.2, 0) is 14.9 Å². The van der Waals surface area contributed by atoms with Crippen molar-refractivity contribution in [1.29, 1.82) is 0 Å². The van der Waals surface area contributed by atoms with Gasteiger partial charge in [-0.1, -0.05) is 13.8 Å². The first-order valence-electron chi connectivity index (χ1n) is 7.56. The van der Waals surface area contributed by atoms with Gasteiger partial charge >= 0.3 is 0 Å². The van der Waals surface area contributed by atoms with Crippen LogP contribution in [0.25, 0.3) is 0 Å². The Hall–Kier alpha value is -0.210. The van der Waals surface area contributed by atoms with Gasteiger partial charge in [-0.05, 0) is 32.4 Å². The Kier molecular flexibility index (Phi) is 7.98. The largest absolute Gasteiger partial charge is 0.377 e. The van der Waals surface area contributed by atoms with Gasteiger partial charge in [0.15, 0.2) is 0 Å². The molecule has 0 saturated carbocycles. The lowest BCUT2D eigenvalue weighted by atomic mass is 10.2. The fraction of sp³-hybridized carbons (Fsp3) is 1.00. The summed E-state index contributed by atoms with van der Waals surface area (Å²) in [6, 6.07) is 0. The quantitative estimate of drug-likeness (QED) is 0.603. The fourth-order valence-electron chi connectivity index (χ4n) is 2.32. The molecule has 120 valence electrons. The number of nitrogens with zero attached hydrogens (tertiary/aromatic N) is 2. The van der Waals surface area contributed by atoms with Crippen molar-refractivity contribution in [2.45, 2.75) is 39.2 Å². The van der Waals surface area contributed by atoms with Crippen LogP contribution in [0.2, 0.25) is 0 Å². The highest BCUT2D eigenvalue weighted by molar-refractivity contribution is 7.86. The molecule has 0 bridgehead atoms. The average molecular weight is 307 g/mol. The molecule has 1 heterocycles. The molecule has 0 aromatic rings. The Balaban J connectivity index is 2.49. The second kappa shape index (κ2) is 8.94. The summed E-state index contributed by atoms with van der Waals surface area (Å²) in [6.07, 6.45) is 2.86. The highest BCUT2D eigenvalue weighted by Gasteiger charge is 2.29. The first kappa shape index (κ1) is 17.8. The summed E-state index contributed by atoms with van der Waals surface area (Å²) >= 11 is 0. The lowest BCUT2D eigenvalue weighted by Gasteiger charge is -2.28. The molecule has 1 aliphatic rings. The molecule has 1 atom stereocenters. The maximum atomic E-state index is 12.5. The van der Waals surface area contributed by atoms with Gasteiger partial charge in [-0.25, -0.2) is 0 Å². The van der Waals surface area contributed by atoms with E-state index in [1.54, 1.807) is 7.05 Å². The molecule has 0 spiro atoms. The van der Waals surface area contributed by atoms with Gasteiger partial charge in [0.05, 0.1) is 6.10 Å². The van der Waals surface area contributed by atoms with Gasteiger partial charge in [0.2, 0.25) is 0 Å². The van der Waals surface area contributed by atoms with Crippen LogP contribution in [0.5, 0.6) is 0 Å². The lowest BCUT2D eigenvalue weighted by Crippen LogP contribution is -2.45. The van der Waals surface area contributed by atoms with Gasteiger partial charge in [0, 0.05) is 33.3 Å². The summed E-state index contributed by atoms with van der Waals surface area (Å²) in [5, 5.41) is 3.20. The Morgan fingerprint density at radius 1 is 1.35 bits per heavy atom. The molecule has 0 aromatic carbocycles. The van der Waals surface area contributed by atoms with Crippen molar-refractivity contribution in [3.8, 4) is 0 Å². The highest BCUT2D eigenvalue weighted by Crippen LogP contribution is 2.16. The molecule has 0 aliphatic carbocycles. The van der Waals surface area contributed by atoms with Crippen LogP contribution < -0.4 is 5.32 Å². The molecule has 1 saturated heterocycles. The Morgan fingerprint density at radius 2 is 2.10 bits per heavy atom. The second-order valence-corrected chi connectivity index (χ2v) is 7.16. The zero-order chi connectivity index (χ0) is 15.0. The predicted molar refractivity (Wildman–Crippen MR) is 80.9 cm³/mol. The van der Waals surface area contributed by atoms with Crippen molar-refractivity contribution < 1.29 is 13.2 Å². The van der Waals surface area contributed by atoms with Crippen molar-refractivity contribution in [2.75, 3.05) is 46.4 Å². The second-order valence-electron chi connectivity index (χ2n) is 5.12. The Bertz CT molecular complexity index is 356. The minimum absolute atomic E-state index is 0.0554. The van der Waals surface area contributed by atoms with E-state index in [-0.39, 0.29) is 6.10 Å². The van der Waals surface area contributed by atoms with Crippen molar-refractivity contribution in [3.63, 3.8) is 0 Å². The summed E-state index contributed by atoms with van der Waals surface area (Å²) in [6.45, 7) is 7.92. The molecule has 1 aliphatic heterocycles. The minimum atomic E-state index is -3.37. The zero-order valence-electron chi connectivity index (χ0n) is 13.0. The van der Waals surface area contributed by atoms with Crippen LogP contribution in [0.4, 0.5) is 0 Å². The molecule has 1 N–H and O–H groups in total. The maximum absolute atomic E-state index is 12.5. The molecule has 20 heavy (non-hydrogen) atoms. The minimum Gasteiger partial charge on any atom is -0.377 e.